The molecule has 3 heteroatoms. The van der Waals surface area contributed by atoms with E-state index in [1.165, 1.54) is 11.1 Å². The van der Waals surface area contributed by atoms with Gasteiger partial charge in [0.2, 0.25) is 0 Å². The van der Waals surface area contributed by atoms with Crippen molar-refractivity contribution in [3.63, 3.8) is 0 Å². The average molecular weight is 247 g/mol. The Morgan fingerprint density at radius 1 is 1.28 bits per heavy atom. The number of nitrogens with zero attached hydrogens (tertiary/aromatic N) is 1. The third-order valence-corrected chi connectivity index (χ3v) is 4.34. The summed E-state index contributed by atoms with van der Waals surface area (Å²) in [6.45, 7) is 4.31. The highest BCUT2D eigenvalue weighted by molar-refractivity contribution is 5.96. The molecule has 1 aromatic carbocycles. The van der Waals surface area contributed by atoms with Crippen molar-refractivity contribution in [1.29, 1.82) is 0 Å². The molecule has 3 nitrogen and oxygen atoms in total. The molecule has 0 bridgehead atoms. The number of oxime groups is 1. The highest BCUT2D eigenvalue weighted by atomic mass is 16.5. The van der Waals surface area contributed by atoms with Crippen molar-refractivity contribution in [3.05, 3.63) is 29.3 Å². The average Bonchev–Trinajstić information content (AvgIpc) is 2.45. The third-order valence-electron chi connectivity index (χ3n) is 4.34. The van der Waals surface area contributed by atoms with Gasteiger partial charge in [0.05, 0.1) is 12.8 Å². The van der Waals surface area contributed by atoms with Gasteiger partial charge in [0, 0.05) is 5.41 Å². The van der Waals surface area contributed by atoms with E-state index in [4.69, 9.17) is 4.74 Å². The maximum Gasteiger partial charge on any atom is 0.119 e. The summed E-state index contributed by atoms with van der Waals surface area (Å²) in [5.74, 6) is 0.874. The van der Waals surface area contributed by atoms with E-state index in [1.807, 2.05) is 6.07 Å². The van der Waals surface area contributed by atoms with Crippen LogP contribution in [0.3, 0.4) is 0 Å². The van der Waals surface area contributed by atoms with Gasteiger partial charge in [0.15, 0.2) is 0 Å². The zero-order chi connectivity index (χ0) is 13.2. The van der Waals surface area contributed by atoms with Crippen molar-refractivity contribution in [2.24, 2.45) is 5.16 Å². The fraction of sp³-hybridized carbons (Fsp3) is 0.533. The van der Waals surface area contributed by atoms with Crippen molar-refractivity contribution < 1.29 is 9.94 Å². The van der Waals surface area contributed by atoms with Gasteiger partial charge in [0.1, 0.15) is 5.75 Å². The first-order valence-corrected chi connectivity index (χ1v) is 6.60. The second-order valence-electron chi connectivity index (χ2n) is 4.86. The Labute approximate surface area is 108 Å². The minimum atomic E-state index is -0.128. The van der Waals surface area contributed by atoms with Gasteiger partial charge < -0.3 is 9.94 Å². The van der Waals surface area contributed by atoms with E-state index in [0.29, 0.717) is 0 Å². The molecule has 1 N–H and O–H groups in total. The lowest BCUT2D eigenvalue weighted by Gasteiger charge is -2.38. The molecule has 1 aliphatic carbocycles. The van der Waals surface area contributed by atoms with Crippen molar-refractivity contribution in [2.75, 3.05) is 7.11 Å². The van der Waals surface area contributed by atoms with E-state index in [1.54, 1.807) is 7.11 Å². The SMILES string of the molecule is CCC1(CC)/C(=N/O)CCc2ccc(OC)cc21. The van der Waals surface area contributed by atoms with Gasteiger partial charge in [0.25, 0.3) is 0 Å². The highest BCUT2D eigenvalue weighted by Crippen LogP contribution is 2.42. The molecule has 0 heterocycles. The maximum absolute atomic E-state index is 9.30. The van der Waals surface area contributed by atoms with Crippen LogP contribution < -0.4 is 4.74 Å². The van der Waals surface area contributed by atoms with Gasteiger partial charge >= 0.3 is 0 Å². The summed E-state index contributed by atoms with van der Waals surface area (Å²) < 4.78 is 5.33. The summed E-state index contributed by atoms with van der Waals surface area (Å²) in [4.78, 5) is 0. The molecule has 0 unspecified atom stereocenters. The Balaban J connectivity index is 2.62. The van der Waals surface area contributed by atoms with Gasteiger partial charge in [-0.2, -0.15) is 0 Å². The van der Waals surface area contributed by atoms with Crippen LogP contribution in [0.2, 0.25) is 0 Å². The molecule has 0 saturated heterocycles. The number of hydrogen-bond donors (Lipinski definition) is 1. The lowest BCUT2D eigenvalue weighted by Crippen LogP contribution is -2.39. The molecule has 0 radical (unpaired) electrons. The summed E-state index contributed by atoms with van der Waals surface area (Å²) in [5, 5.41) is 12.9. The molecule has 0 saturated carbocycles. The van der Waals surface area contributed by atoms with E-state index in [-0.39, 0.29) is 5.41 Å². The summed E-state index contributed by atoms with van der Waals surface area (Å²) in [5.41, 5.74) is 3.41. The predicted molar refractivity (Wildman–Crippen MR) is 72.8 cm³/mol. The predicted octanol–water partition coefficient (Wildman–Crippen LogP) is 3.53. The van der Waals surface area contributed by atoms with Crippen LogP contribution in [0.1, 0.15) is 44.2 Å². The van der Waals surface area contributed by atoms with Crippen molar-refractivity contribution in [1.82, 2.24) is 0 Å². The molecule has 0 spiro atoms. The number of benzene rings is 1. The lowest BCUT2D eigenvalue weighted by molar-refractivity contribution is 0.307. The van der Waals surface area contributed by atoms with E-state index in [0.717, 1.165) is 37.1 Å². The number of fused-ring (bicyclic) bond motifs is 1. The van der Waals surface area contributed by atoms with Crippen LogP contribution in [-0.2, 0) is 11.8 Å². The quantitative estimate of drug-likeness (QED) is 0.655. The van der Waals surface area contributed by atoms with E-state index < -0.39 is 0 Å². The summed E-state index contributed by atoms with van der Waals surface area (Å²) >= 11 is 0. The molecule has 0 aromatic heterocycles. The minimum Gasteiger partial charge on any atom is -0.497 e. The number of aryl methyl sites for hydroxylation is 1. The van der Waals surface area contributed by atoms with Crippen LogP contribution in [0, 0.1) is 0 Å². The van der Waals surface area contributed by atoms with Crippen LogP contribution in [0.4, 0.5) is 0 Å². The summed E-state index contributed by atoms with van der Waals surface area (Å²) in [6, 6.07) is 6.26. The number of methoxy groups -OCH3 is 1. The number of hydrogen-bond acceptors (Lipinski definition) is 3. The second kappa shape index (κ2) is 5.01. The lowest BCUT2D eigenvalue weighted by atomic mass is 9.65. The van der Waals surface area contributed by atoms with Crippen LogP contribution in [-0.4, -0.2) is 18.0 Å². The molecule has 0 fully saturated rings. The Morgan fingerprint density at radius 3 is 2.56 bits per heavy atom. The molecule has 2 rings (SSSR count). The monoisotopic (exact) mass is 247 g/mol. The molecule has 0 aliphatic heterocycles. The van der Waals surface area contributed by atoms with Crippen LogP contribution in [0.5, 0.6) is 5.75 Å². The zero-order valence-corrected chi connectivity index (χ0v) is 11.4. The molecule has 0 atom stereocenters. The Hall–Kier alpha value is -1.51. The van der Waals surface area contributed by atoms with Crippen LogP contribution in [0.15, 0.2) is 23.4 Å². The normalized spacial score (nSPS) is 19.6. The largest absolute Gasteiger partial charge is 0.497 e. The Kier molecular flexibility index (Phi) is 3.60. The fourth-order valence-electron chi connectivity index (χ4n) is 3.18. The topological polar surface area (TPSA) is 41.8 Å². The van der Waals surface area contributed by atoms with Crippen LogP contribution >= 0.6 is 0 Å². The smallest absolute Gasteiger partial charge is 0.119 e. The summed E-state index contributed by atoms with van der Waals surface area (Å²) in [6.07, 6.45) is 3.68. The Morgan fingerprint density at radius 2 is 2.00 bits per heavy atom. The molecule has 1 aliphatic rings. The molecule has 0 amide bonds. The van der Waals surface area contributed by atoms with Gasteiger partial charge in [-0.25, -0.2) is 0 Å². The molecular weight excluding hydrogens is 226 g/mol. The van der Waals surface area contributed by atoms with Gasteiger partial charge in [-0.15, -0.1) is 0 Å². The number of rotatable bonds is 3. The zero-order valence-electron chi connectivity index (χ0n) is 11.4. The van der Waals surface area contributed by atoms with Crippen molar-refractivity contribution in [2.45, 2.75) is 44.9 Å². The Bertz CT molecular complexity index is 462. The van der Waals surface area contributed by atoms with Gasteiger partial charge in [-0.1, -0.05) is 25.1 Å². The molecule has 98 valence electrons. The first-order valence-electron chi connectivity index (χ1n) is 6.60. The van der Waals surface area contributed by atoms with E-state index in [9.17, 15) is 5.21 Å². The fourth-order valence-corrected chi connectivity index (χ4v) is 3.18. The van der Waals surface area contributed by atoms with E-state index in [2.05, 4.69) is 31.1 Å². The van der Waals surface area contributed by atoms with Gasteiger partial charge in [-0.05, 0) is 48.9 Å². The second-order valence-corrected chi connectivity index (χ2v) is 4.86. The third kappa shape index (κ3) is 1.78. The maximum atomic E-state index is 9.30. The molecule has 1 aromatic rings. The first kappa shape index (κ1) is 12.9. The highest BCUT2D eigenvalue weighted by Gasteiger charge is 2.39. The molecule has 18 heavy (non-hydrogen) atoms. The van der Waals surface area contributed by atoms with E-state index >= 15 is 0 Å². The van der Waals surface area contributed by atoms with Crippen LogP contribution in [0.25, 0.3) is 0 Å². The molecular formula is C15H21NO2. The van der Waals surface area contributed by atoms with Gasteiger partial charge in [-0.3, -0.25) is 0 Å². The minimum absolute atomic E-state index is 0.128. The van der Waals surface area contributed by atoms with Crippen molar-refractivity contribution >= 4 is 5.71 Å². The number of ether oxygens (including phenoxy) is 1. The first-order chi connectivity index (χ1) is 8.71. The standard InChI is InChI=1S/C15H21NO2/c1-4-15(5-2)13-10-12(18-3)8-6-11(13)7-9-14(15)16-17/h6,8,10,17H,4-5,7,9H2,1-3H3/b16-14+. The van der Waals surface area contributed by atoms with Crippen molar-refractivity contribution in [3.8, 4) is 5.75 Å². The summed E-state index contributed by atoms with van der Waals surface area (Å²) in [7, 11) is 1.69.